The van der Waals surface area contributed by atoms with Gasteiger partial charge in [-0.2, -0.15) is 0 Å². The van der Waals surface area contributed by atoms with E-state index < -0.39 is 0 Å². The van der Waals surface area contributed by atoms with Crippen molar-refractivity contribution < 1.29 is 4.74 Å². The second kappa shape index (κ2) is 9.89. The Balaban J connectivity index is 2.09. The molecule has 0 aliphatic carbocycles. The van der Waals surface area contributed by atoms with Crippen LogP contribution in [0.25, 0.3) is 0 Å². The molecule has 0 aliphatic heterocycles. The van der Waals surface area contributed by atoms with E-state index in [2.05, 4.69) is 41.7 Å². The van der Waals surface area contributed by atoms with Gasteiger partial charge in [0.15, 0.2) is 0 Å². The Morgan fingerprint density at radius 2 is 2.21 bits per heavy atom. The van der Waals surface area contributed by atoms with Gasteiger partial charge in [-0.15, -0.1) is 5.10 Å². The second-order valence-corrected chi connectivity index (χ2v) is 4.84. The molecule has 0 aliphatic rings. The van der Waals surface area contributed by atoms with E-state index in [0.29, 0.717) is 19.3 Å². The number of nitrogens with zero attached hydrogens (tertiary/aromatic N) is 3. The van der Waals surface area contributed by atoms with Crippen LogP contribution in [0.15, 0.2) is 6.20 Å². The lowest BCUT2D eigenvalue weighted by Gasteiger charge is -2.07. The molecule has 0 saturated heterocycles. The predicted octanol–water partition coefficient (Wildman–Crippen LogP) is 0.792. The summed E-state index contributed by atoms with van der Waals surface area (Å²) in [5.74, 6) is 0. The standard InChI is InChI=1S/C13H27N5O/c1-4-14-6-5-8-18-10-13(16-17-18)11-19-9-7-15-12(2)3/h10,12,14-15H,4-9,11H2,1-3H3. The fourth-order valence-electron chi connectivity index (χ4n) is 1.65. The molecule has 1 aromatic rings. The SMILES string of the molecule is CCNCCCn1cc(COCCNC(C)C)nn1. The predicted molar refractivity (Wildman–Crippen MR) is 76.0 cm³/mol. The van der Waals surface area contributed by atoms with E-state index in [4.69, 9.17) is 4.74 Å². The van der Waals surface area contributed by atoms with Crippen molar-refractivity contribution in [1.82, 2.24) is 25.6 Å². The molecule has 2 N–H and O–H groups in total. The molecule has 0 atom stereocenters. The molecule has 0 unspecified atom stereocenters. The van der Waals surface area contributed by atoms with Crippen LogP contribution in [0.1, 0.15) is 32.9 Å². The monoisotopic (exact) mass is 269 g/mol. The van der Waals surface area contributed by atoms with Crippen molar-refractivity contribution in [1.29, 1.82) is 0 Å². The van der Waals surface area contributed by atoms with Crippen LogP contribution in [0.2, 0.25) is 0 Å². The highest BCUT2D eigenvalue weighted by Crippen LogP contribution is 1.97. The average molecular weight is 269 g/mol. The Morgan fingerprint density at radius 3 is 2.95 bits per heavy atom. The fraction of sp³-hybridized carbons (Fsp3) is 0.846. The van der Waals surface area contributed by atoms with Crippen molar-refractivity contribution in [3.8, 4) is 0 Å². The van der Waals surface area contributed by atoms with Crippen LogP contribution in [0.4, 0.5) is 0 Å². The Hall–Kier alpha value is -0.980. The maximum atomic E-state index is 5.54. The molecule has 0 fully saturated rings. The van der Waals surface area contributed by atoms with Crippen molar-refractivity contribution in [2.24, 2.45) is 0 Å². The Bertz CT molecular complexity index is 327. The first-order valence-corrected chi connectivity index (χ1v) is 7.13. The van der Waals surface area contributed by atoms with Crippen LogP contribution >= 0.6 is 0 Å². The molecule has 6 heteroatoms. The van der Waals surface area contributed by atoms with Gasteiger partial charge in [-0.05, 0) is 19.5 Å². The summed E-state index contributed by atoms with van der Waals surface area (Å²) in [4.78, 5) is 0. The second-order valence-electron chi connectivity index (χ2n) is 4.84. The number of ether oxygens (including phenoxy) is 1. The van der Waals surface area contributed by atoms with Gasteiger partial charge in [-0.3, -0.25) is 4.68 Å². The van der Waals surface area contributed by atoms with Gasteiger partial charge in [0, 0.05) is 19.1 Å². The molecule has 0 aromatic carbocycles. The van der Waals surface area contributed by atoms with Gasteiger partial charge in [-0.1, -0.05) is 26.0 Å². The quantitative estimate of drug-likeness (QED) is 0.582. The third-order valence-electron chi connectivity index (χ3n) is 2.63. The minimum Gasteiger partial charge on any atom is -0.374 e. The summed E-state index contributed by atoms with van der Waals surface area (Å²) < 4.78 is 7.41. The van der Waals surface area contributed by atoms with Crippen LogP contribution in [0.3, 0.4) is 0 Å². The number of aromatic nitrogens is 3. The molecule has 6 nitrogen and oxygen atoms in total. The van der Waals surface area contributed by atoms with Crippen LogP contribution in [0, 0.1) is 0 Å². The number of nitrogens with one attached hydrogen (secondary N) is 2. The fourth-order valence-corrected chi connectivity index (χ4v) is 1.65. The summed E-state index contributed by atoms with van der Waals surface area (Å²) in [5, 5.41) is 14.8. The molecule has 1 rings (SSSR count). The van der Waals surface area contributed by atoms with Gasteiger partial charge < -0.3 is 15.4 Å². The molecule has 19 heavy (non-hydrogen) atoms. The first kappa shape index (κ1) is 16.1. The van der Waals surface area contributed by atoms with Gasteiger partial charge in [0.25, 0.3) is 0 Å². The van der Waals surface area contributed by atoms with Crippen LogP contribution in [-0.2, 0) is 17.9 Å². The molecule has 1 heterocycles. The third-order valence-corrected chi connectivity index (χ3v) is 2.63. The van der Waals surface area contributed by atoms with Gasteiger partial charge >= 0.3 is 0 Å². The zero-order valence-electron chi connectivity index (χ0n) is 12.4. The first-order chi connectivity index (χ1) is 9.22. The minimum absolute atomic E-state index is 0.501. The molecule has 0 radical (unpaired) electrons. The topological polar surface area (TPSA) is 64.0 Å². The number of rotatable bonds is 11. The molecular weight excluding hydrogens is 242 g/mol. The van der Waals surface area contributed by atoms with Gasteiger partial charge in [-0.25, -0.2) is 0 Å². The summed E-state index contributed by atoms with van der Waals surface area (Å²) in [7, 11) is 0. The van der Waals surface area contributed by atoms with E-state index in [1.54, 1.807) is 0 Å². The lowest BCUT2D eigenvalue weighted by molar-refractivity contribution is 0.119. The first-order valence-electron chi connectivity index (χ1n) is 7.13. The molecule has 0 saturated carbocycles. The van der Waals surface area contributed by atoms with Gasteiger partial charge in [0.2, 0.25) is 0 Å². The summed E-state index contributed by atoms with van der Waals surface area (Å²) in [6.07, 6.45) is 3.03. The Labute approximate surface area is 115 Å². The molecular formula is C13H27N5O. The maximum absolute atomic E-state index is 5.54. The average Bonchev–Trinajstić information content (AvgIpc) is 2.82. The van der Waals surface area contributed by atoms with Gasteiger partial charge in [0.1, 0.15) is 5.69 Å². The molecule has 0 spiro atoms. The largest absolute Gasteiger partial charge is 0.374 e. The zero-order valence-corrected chi connectivity index (χ0v) is 12.4. The maximum Gasteiger partial charge on any atom is 0.108 e. The molecule has 0 amide bonds. The van der Waals surface area contributed by atoms with Crippen LogP contribution < -0.4 is 10.6 Å². The van der Waals surface area contributed by atoms with E-state index in [-0.39, 0.29) is 0 Å². The van der Waals surface area contributed by atoms with Crippen LogP contribution in [0.5, 0.6) is 0 Å². The Morgan fingerprint density at radius 1 is 1.37 bits per heavy atom. The highest BCUT2D eigenvalue weighted by Gasteiger charge is 2.01. The molecule has 110 valence electrons. The summed E-state index contributed by atoms with van der Waals surface area (Å²) >= 11 is 0. The molecule has 0 bridgehead atoms. The van der Waals surface area contributed by atoms with Crippen molar-refractivity contribution in [3.05, 3.63) is 11.9 Å². The van der Waals surface area contributed by atoms with Crippen molar-refractivity contribution in [2.75, 3.05) is 26.2 Å². The van der Waals surface area contributed by atoms with E-state index in [1.165, 1.54) is 0 Å². The highest BCUT2D eigenvalue weighted by atomic mass is 16.5. The number of hydrogen-bond acceptors (Lipinski definition) is 5. The van der Waals surface area contributed by atoms with Crippen molar-refractivity contribution in [2.45, 2.75) is 46.4 Å². The lowest BCUT2D eigenvalue weighted by Crippen LogP contribution is -2.26. The van der Waals surface area contributed by atoms with E-state index in [1.807, 2.05) is 10.9 Å². The minimum atomic E-state index is 0.501. The Kier molecular flexibility index (Phi) is 8.36. The summed E-state index contributed by atoms with van der Waals surface area (Å²) in [6.45, 7) is 11.4. The third kappa shape index (κ3) is 7.92. The van der Waals surface area contributed by atoms with Crippen molar-refractivity contribution in [3.63, 3.8) is 0 Å². The number of aryl methyl sites for hydroxylation is 1. The van der Waals surface area contributed by atoms with E-state index in [0.717, 1.165) is 38.3 Å². The summed E-state index contributed by atoms with van der Waals surface area (Å²) in [6, 6.07) is 0.501. The normalized spacial score (nSPS) is 11.4. The van der Waals surface area contributed by atoms with Crippen molar-refractivity contribution >= 4 is 0 Å². The highest BCUT2D eigenvalue weighted by molar-refractivity contribution is 4.89. The van der Waals surface area contributed by atoms with E-state index in [9.17, 15) is 0 Å². The van der Waals surface area contributed by atoms with Gasteiger partial charge in [0.05, 0.1) is 19.4 Å². The lowest BCUT2D eigenvalue weighted by atomic mass is 10.4. The molecule has 1 aromatic heterocycles. The smallest absolute Gasteiger partial charge is 0.108 e. The summed E-state index contributed by atoms with van der Waals surface area (Å²) in [5.41, 5.74) is 0.896. The zero-order chi connectivity index (χ0) is 13.9. The van der Waals surface area contributed by atoms with E-state index >= 15 is 0 Å². The number of hydrogen-bond donors (Lipinski definition) is 2. The van der Waals surface area contributed by atoms with Crippen LogP contribution in [-0.4, -0.2) is 47.3 Å².